The summed E-state index contributed by atoms with van der Waals surface area (Å²) < 4.78 is 12.8. The third-order valence-corrected chi connectivity index (χ3v) is 3.01. The Labute approximate surface area is 96.2 Å². The average molecular weight is 222 g/mol. The van der Waals surface area contributed by atoms with Crippen molar-refractivity contribution in [1.82, 2.24) is 4.90 Å². The van der Waals surface area contributed by atoms with E-state index >= 15 is 0 Å². The summed E-state index contributed by atoms with van der Waals surface area (Å²) in [7, 11) is 0. The van der Waals surface area contributed by atoms with Gasteiger partial charge >= 0.3 is 0 Å². The molecule has 88 valence electrons. The van der Waals surface area contributed by atoms with Crippen LogP contribution >= 0.6 is 0 Å². The number of hydrogen-bond donors (Lipinski definition) is 1. The Hall–Kier alpha value is -0.930. The molecule has 0 unspecified atom stereocenters. The van der Waals surface area contributed by atoms with E-state index in [9.17, 15) is 4.39 Å². The second-order valence-corrected chi connectivity index (χ2v) is 4.47. The van der Waals surface area contributed by atoms with Crippen LogP contribution < -0.4 is 5.73 Å². The van der Waals surface area contributed by atoms with Gasteiger partial charge in [0.25, 0.3) is 0 Å². The highest BCUT2D eigenvalue weighted by atomic mass is 19.1. The fraction of sp³-hybridized carbons (Fsp3) is 0.538. The van der Waals surface area contributed by atoms with Crippen LogP contribution in [0.5, 0.6) is 0 Å². The highest BCUT2D eigenvalue weighted by Crippen LogP contribution is 2.28. The monoisotopic (exact) mass is 222 g/mol. The molecule has 0 saturated heterocycles. The molecule has 1 aliphatic carbocycles. The lowest BCUT2D eigenvalue weighted by atomic mass is 10.2. The van der Waals surface area contributed by atoms with Gasteiger partial charge in [0.1, 0.15) is 5.82 Å². The number of halogens is 1. The zero-order valence-corrected chi connectivity index (χ0v) is 9.53. The molecule has 0 spiro atoms. The lowest BCUT2D eigenvalue weighted by molar-refractivity contribution is 0.253. The molecule has 0 amide bonds. The second kappa shape index (κ2) is 5.41. The predicted molar refractivity (Wildman–Crippen MR) is 63.5 cm³/mol. The number of rotatable bonds is 6. The van der Waals surface area contributed by atoms with Crippen molar-refractivity contribution in [3.8, 4) is 0 Å². The zero-order valence-electron chi connectivity index (χ0n) is 9.53. The summed E-state index contributed by atoms with van der Waals surface area (Å²) in [5, 5.41) is 0. The molecular formula is C13H19FN2. The maximum absolute atomic E-state index is 12.8. The minimum absolute atomic E-state index is 0.163. The molecule has 2 rings (SSSR count). The summed E-state index contributed by atoms with van der Waals surface area (Å²) in [5.74, 6) is -0.163. The molecule has 0 radical (unpaired) electrons. The van der Waals surface area contributed by atoms with Crippen LogP contribution in [0, 0.1) is 5.82 Å². The molecule has 1 aliphatic rings. The van der Waals surface area contributed by atoms with Crippen LogP contribution in [0.15, 0.2) is 24.3 Å². The minimum atomic E-state index is -0.163. The summed E-state index contributed by atoms with van der Waals surface area (Å²) in [6.07, 6.45) is 3.63. The molecule has 0 aliphatic heterocycles. The number of nitrogens with two attached hydrogens (primary N) is 1. The first-order chi connectivity index (χ1) is 7.79. The first-order valence-corrected chi connectivity index (χ1v) is 5.98. The van der Waals surface area contributed by atoms with Gasteiger partial charge in [0, 0.05) is 12.6 Å². The van der Waals surface area contributed by atoms with Crippen molar-refractivity contribution in [3.05, 3.63) is 35.6 Å². The Balaban J connectivity index is 1.91. The van der Waals surface area contributed by atoms with Crippen LogP contribution in [0.25, 0.3) is 0 Å². The van der Waals surface area contributed by atoms with Crippen LogP contribution in [0.1, 0.15) is 24.8 Å². The molecule has 2 N–H and O–H groups in total. The van der Waals surface area contributed by atoms with Gasteiger partial charge in [0.15, 0.2) is 0 Å². The standard InChI is InChI=1S/C13H19FN2/c14-12-4-2-11(3-5-12)10-16(9-1-8-15)13-6-7-13/h2-5,13H,1,6-10,15H2. The third kappa shape index (κ3) is 3.29. The van der Waals surface area contributed by atoms with Gasteiger partial charge in [-0.15, -0.1) is 0 Å². The van der Waals surface area contributed by atoms with E-state index in [1.165, 1.54) is 30.5 Å². The van der Waals surface area contributed by atoms with Gasteiger partial charge in [-0.2, -0.15) is 0 Å². The smallest absolute Gasteiger partial charge is 0.123 e. The van der Waals surface area contributed by atoms with Crippen molar-refractivity contribution >= 4 is 0 Å². The number of benzene rings is 1. The summed E-state index contributed by atoms with van der Waals surface area (Å²) in [6, 6.07) is 7.53. The predicted octanol–water partition coefficient (Wildman–Crippen LogP) is 2.14. The number of hydrogen-bond acceptors (Lipinski definition) is 2. The fourth-order valence-corrected chi connectivity index (χ4v) is 1.95. The van der Waals surface area contributed by atoms with E-state index in [0.717, 1.165) is 32.1 Å². The van der Waals surface area contributed by atoms with Crippen molar-refractivity contribution in [2.24, 2.45) is 5.73 Å². The molecule has 0 heterocycles. The Morgan fingerprint density at radius 2 is 1.94 bits per heavy atom. The molecule has 1 aromatic rings. The fourth-order valence-electron chi connectivity index (χ4n) is 1.95. The lowest BCUT2D eigenvalue weighted by Crippen LogP contribution is -2.28. The maximum Gasteiger partial charge on any atom is 0.123 e. The average Bonchev–Trinajstić information content (AvgIpc) is 3.11. The van der Waals surface area contributed by atoms with Gasteiger partial charge in [0.2, 0.25) is 0 Å². The van der Waals surface area contributed by atoms with Gasteiger partial charge in [-0.25, -0.2) is 4.39 Å². The Kier molecular flexibility index (Phi) is 3.91. The van der Waals surface area contributed by atoms with Gasteiger partial charge in [-0.05, 0) is 50.0 Å². The van der Waals surface area contributed by atoms with E-state index in [0.29, 0.717) is 0 Å². The topological polar surface area (TPSA) is 29.3 Å². The molecule has 1 aromatic carbocycles. The van der Waals surface area contributed by atoms with Crippen molar-refractivity contribution in [2.45, 2.75) is 31.8 Å². The second-order valence-electron chi connectivity index (χ2n) is 4.47. The first kappa shape index (κ1) is 11.6. The van der Waals surface area contributed by atoms with Crippen LogP contribution in [0.2, 0.25) is 0 Å². The molecule has 3 heteroatoms. The largest absolute Gasteiger partial charge is 0.330 e. The highest BCUT2D eigenvalue weighted by Gasteiger charge is 2.28. The molecule has 0 bridgehead atoms. The summed E-state index contributed by atoms with van der Waals surface area (Å²) >= 11 is 0. The molecule has 16 heavy (non-hydrogen) atoms. The van der Waals surface area contributed by atoms with Crippen molar-refractivity contribution in [1.29, 1.82) is 0 Å². The van der Waals surface area contributed by atoms with Crippen LogP contribution in [-0.4, -0.2) is 24.0 Å². The summed E-state index contributed by atoms with van der Waals surface area (Å²) in [4.78, 5) is 2.46. The normalized spacial score (nSPS) is 15.7. The first-order valence-electron chi connectivity index (χ1n) is 5.98. The van der Waals surface area contributed by atoms with Crippen molar-refractivity contribution in [2.75, 3.05) is 13.1 Å². The van der Waals surface area contributed by atoms with E-state index in [2.05, 4.69) is 4.90 Å². The molecule has 1 fully saturated rings. The maximum atomic E-state index is 12.8. The van der Waals surface area contributed by atoms with E-state index in [4.69, 9.17) is 5.73 Å². The summed E-state index contributed by atoms with van der Waals surface area (Å²) in [6.45, 7) is 2.72. The van der Waals surface area contributed by atoms with Gasteiger partial charge in [-0.1, -0.05) is 12.1 Å². The Morgan fingerprint density at radius 3 is 2.50 bits per heavy atom. The third-order valence-electron chi connectivity index (χ3n) is 3.01. The van der Waals surface area contributed by atoms with Crippen LogP contribution in [-0.2, 0) is 6.54 Å². The van der Waals surface area contributed by atoms with Crippen LogP contribution in [0.4, 0.5) is 4.39 Å². The zero-order chi connectivity index (χ0) is 11.4. The molecule has 0 atom stereocenters. The van der Waals surface area contributed by atoms with Crippen molar-refractivity contribution < 1.29 is 4.39 Å². The summed E-state index contributed by atoms with van der Waals surface area (Å²) in [5.41, 5.74) is 6.72. The molecular weight excluding hydrogens is 203 g/mol. The van der Waals surface area contributed by atoms with Crippen LogP contribution in [0.3, 0.4) is 0 Å². The van der Waals surface area contributed by atoms with Crippen molar-refractivity contribution in [3.63, 3.8) is 0 Å². The van der Waals surface area contributed by atoms with E-state index in [-0.39, 0.29) is 5.82 Å². The van der Waals surface area contributed by atoms with E-state index < -0.39 is 0 Å². The molecule has 1 saturated carbocycles. The Bertz CT molecular complexity index is 319. The van der Waals surface area contributed by atoms with E-state index in [1.807, 2.05) is 12.1 Å². The highest BCUT2D eigenvalue weighted by molar-refractivity contribution is 5.16. The molecule has 0 aromatic heterocycles. The number of nitrogens with zero attached hydrogens (tertiary/aromatic N) is 1. The quantitative estimate of drug-likeness (QED) is 0.799. The minimum Gasteiger partial charge on any atom is -0.330 e. The van der Waals surface area contributed by atoms with Gasteiger partial charge in [-0.3, -0.25) is 4.90 Å². The Morgan fingerprint density at radius 1 is 1.25 bits per heavy atom. The van der Waals surface area contributed by atoms with Gasteiger partial charge in [0.05, 0.1) is 0 Å². The lowest BCUT2D eigenvalue weighted by Gasteiger charge is -2.21. The SMILES string of the molecule is NCCCN(Cc1ccc(F)cc1)C1CC1. The van der Waals surface area contributed by atoms with Gasteiger partial charge < -0.3 is 5.73 Å². The van der Waals surface area contributed by atoms with E-state index in [1.54, 1.807) is 0 Å². The molecule has 2 nitrogen and oxygen atoms in total.